The van der Waals surface area contributed by atoms with Crippen molar-refractivity contribution in [1.29, 1.82) is 0 Å². The number of nitrogens with one attached hydrogen (secondary N) is 2. The Bertz CT molecular complexity index is 621. The van der Waals surface area contributed by atoms with E-state index in [0.717, 1.165) is 7.11 Å². The molecule has 0 aliphatic rings. The van der Waals surface area contributed by atoms with Gasteiger partial charge in [0.05, 0.1) is 20.3 Å². The maximum atomic E-state index is 13.6. The summed E-state index contributed by atoms with van der Waals surface area (Å²) in [6.07, 6.45) is -5.29. The van der Waals surface area contributed by atoms with E-state index < -0.39 is 36.2 Å². The van der Waals surface area contributed by atoms with Crippen molar-refractivity contribution in [2.75, 3.05) is 20.3 Å². The highest BCUT2D eigenvalue weighted by molar-refractivity contribution is 5.98. The summed E-state index contributed by atoms with van der Waals surface area (Å²) in [6.45, 7) is 0.429. The Morgan fingerprint density at radius 2 is 1.72 bits per heavy atom. The van der Waals surface area contributed by atoms with Crippen molar-refractivity contribution >= 4 is 17.8 Å². The van der Waals surface area contributed by atoms with Gasteiger partial charge in [-0.1, -0.05) is 18.2 Å². The molecular weight excluding hydrogens is 345 g/mol. The summed E-state index contributed by atoms with van der Waals surface area (Å²) in [5.74, 6) is -4.04. The normalized spacial score (nSPS) is 13.5. The van der Waals surface area contributed by atoms with Crippen LogP contribution in [-0.2, 0) is 19.1 Å². The Labute approximate surface area is 141 Å². The number of amides is 1. The van der Waals surface area contributed by atoms with Crippen LogP contribution < -0.4 is 10.6 Å². The molecular formula is C15H17F3N2O5. The second-order valence-corrected chi connectivity index (χ2v) is 4.72. The average molecular weight is 362 g/mol. The first-order chi connectivity index (χ1) is 11.7. The predicted molar refractivity (Wildman–Crippen MR) is 79.3 cm³/mol. The van der Waals surface area contributed by atoms with E-state index >= 15 is 0 Å². The lowest BCUT2D eigenvalue weighted by Crippen LogP contribution is -2.73. The van der Waals surface area contributed by atoms with Crippen LogP contribution in [0.1, 0.15) is 17.3 Å². The summed E-state index contributed by atoms with van der Waals surface area (Å²) in [7, 11) is 0.726. The molecule has 0 aromatic heterocycles. The molecule has 1 aromatic rings. The molecule has 10 heteroatoms. The molecule has 0 heterocycles. The summed E-state index contributed by atoms with van der Waals surface area (Å²) in [5, 5.41) is 3.28. The van der Waals surface area contributed by atoms with Gasteiger partial charge in [-0.2, -0.15) is 13.2 Å². The Hall–Kier alpha value is -2.62. The fraction of sp³-hybridized carbons (Fsp3) is 0.400. The standard InChI is InChI=1S/C15H17F3N2O5/c1-3-25-11(21)9-19-14(13(23)24-2,15(16,17)18)20-12(22)10-7-5-4-6-8-10/h4-8,19H,3,9H2,1-2H3,(H,20,22). The van der Waals surface area contributed by atoms with Crippen molar-refractivity contribution in [3.05, 3.63) is 35.9 Å². The van der Waals surface area contributed by atoms with E-state index in [1.807, 2.05) is 0 Å². The Morgan fingerprint density at radius 1 is 1.12 bits per heavy atom. The first-order valence-electron chi connectivity index (χ1n) is 7.11. The SMILES string of the molecule is CCOC(=O)CNC(NC(=O)c1ccccc1)(C(=O)OC)C(F)(F)F. The molecule has 0 aliphatic carbocycles. The molecule has 2 N–H and O–H groups in total. The molecule has 25 heavy (non-hydrogen) atoms. The largest absolute Gasteiger partial charge is 0.466 e. The maximum absolute atomic E-state index is 13.6. The van der Waals surface area contributed by atoms with Crippen LogP contribution >= 0.6 is 0 Å². The van der Waals surface area contributed by atoms with Crippen LogP contribution in [0.4, 0.5) is 13.2 Å². The number of alkyl halides is 3. The summed E-state index contributed by atoms with van der Waals surface area (Å²) >= 11 is 0. The molecule has 138 valence electrons. The summed E-state index contributed by atoms with van der Waals surface area (Å²) in [5.41, 5.74) is -3.72. The fourth-order valence-corrected chi connectivity index (χ4v) is 1.86. The number of carbonyl (C=O) groups is 3. The van der Waals surface area contributed by atoms with Gasteiger partial charge in [-0.3, -0.25) is 14.9 Å². The van der Waals surface area contributed by atoms with Crippen molar-refractivity contribution in [3.8, 4) is 0 Å². The second-order valence-electron chi connectivity index (χ2n) is 4.72. The molecule has 0 bridgehead atoms. The highest BCUT2D eigenvalue weighted by Crippen LogP contribution is 2.30. The Balaban J connectivity index is 3.18. The Morgan fingerprint density at radius 3 is 2.20 bits per heavy atom. The number of methoxy groups -OCH3 is 1. The van der Waals surface area contributed by atoms with Gasteiger partial charge in [0.25, 0.3) is 11.6 Å². The number of carbonyl (C=O) groups excluding carboxylic acids is 3. The highest BCUT2D eigenvalue weighted by Gasteiger charge is 2.63. The molecule has 0 saturated heterocycles. The second kappa shape index (κ2) is 8.47. The van der Waals surface area contributed by atoms with Crippen molar-refractivity contribution in [2.45, 2.75) is 18.8 Å². The highest BCUT2D eigenvalue weighted by atomic mass is 19.4. The van der Waals surface area contributed by atoms with Gasteiger partial charge in [0, 0.05) is 5.56 Å². The average Bonchev–Trinajstić information content (AvgIpc) is 2.57. The molecule has 0 spiro atoms. The van der Waals surface area contributed by atoms with Gasteiger partial charge in [-0.15, -0.1) is 0 Å². The fourth-order valence-electron chi connectivity index (χ4n) is 1.86. The van der Waals surface area contributed by atoms with E-state index in [1.54, 1.807) is 16.7 Å². The van der Waals surface area contributed by atoms with Gasteiger partial charge < -0.3 is 14.8 Å². The van der Waals surface area contributed by atoms with Crippen LogP contribution in [0.25, 0.3) is 0 Å². The molecule has 0 aliphatic heterocycles. The summed E-state index contributed by atoms with van der Waals surface area (Å²) in [6, 6.07) is 6.97. The monoisotopic (exact) mass is 362 g/mol. The number of rotatable bonds is 7. The van der Waals surface area contributed by atoms with Crippen LogP contribution in [0.3, 0.4) is 0 Å². The molecule has 0 radical (unpaired) electrons. The van der Waals surface area contributed by atoms with E-state index in [9.17, 15) is 27.6 Å². The number of benzene rings is 1. The van der Waals surface area contributed by atoms with Gasteiger partial charge in [0.1, 0.15) is 0 Å². The third kappa shape index (κ3) is 4.92. The Kier molecular flexibility index (Phi) is 6.92. The van der Waals surface area contributed by atoms with Crippen molar-refractivity contribution in [2.24, 2.45) is 0 Å². The zero-order valence-corrected chi connectivity index (χ0v) is 13.5. The van der Waals surface area contributed by atoms with Gasteiger partial charge >= 0.3 is 18.1 Å². The minimum absolute atomic E-state index is 0.0614. The lowest BCUT2D eigenvalue weighted by Gasteiger charge is -2.34. The lowest BCUT2D eigenvalue weighted by molar-refractivity contribution is -0.217. The van der Waals surface area contributed by atoms with Gasteiger partial charge in [-0.25, -0.2) is 4.79 Å². The number of ether oxygens (including phenoxy) is 2. The van der Waals surface area contributed by atoms with Crippen LogP contribution in [0.2, 0.25) is 0 Å². The maximum Gasteiger partial charge on any atom is 0.436 e. The molecule has 7 nitrogen and oxygen atoms in total. The van der Waals surface area contributed by atoms with Gasteiger partial charge in [-0.05, 0) is 19.1 Å². The van der Waals surface area contributed by atoms with E-state index in [-0.39, 0.29) is 12.2 Å². The number of hydrogen-bond acceptors (Lipinski definition) is 6. The van der Waals surface area contributed by atoms with Crippen LogP contribution in [-0.4, -0.2) is 49.9 Å². The van der Waals surface area contributed by atoms with Crippen LogP contribution in [0, 0.1) is 0 Å². The first kappa shape index (κ1) is 20.4. The third-order valence-corrected chi connectivity index (χ3v) is 3.06. The van der Waals surface area contributed by atoms with E-state index in [1.165, 1.54) is 31.2 Å². The van der Waals surface area contributed by atoms with Crippen molar-refractivity contribution in [3.63, 3.8) is 0 Å². The molecule has 1 rings (SSSR count). The zero-order chi connectivity index (χ0) is 19.1. The zero-order valence-electron chi connectivity index (χ0n) is 13.5. The minimum atomic E-state index is -5.29. The number of hydrogen-bond donors (Lipinski definition) is 2. The summed E-state index contributed by atoms with van der Waals surface area (Å²) < 4.78 is 49.5. The van der Waals surface area contributed by atoms with Gasteiger partial charge in [0.2, 0.25) is 0 Å². The molecule has 0 saturated carbocycles. The molecule has 1 atom stereocenters. The minimum Gasteiger partial charge on any atom is -0.466 e. The van der Waals surface area contributed by atoms with Gasteiger partial charge in [0.15, 0.2) is 0 Å². The van der Waals surface area contributed by atoms with Crippen LogP contribution in [0.5, 0.6) is 0 Å². The van der Waals surface area contributed by atoms with Crippen LogP contribution in [0.15, 0.2) is 30.3 Å². The topological polar surface area (TPSA) is 93.7 Å². The quantitative estimate of drug-likeness (QED) is 0.555. The van der Waals surface area contributed by atoms with Crippen molar-refractivity contribution < 1.29 is 37.0 Å². The summed E-state index contributed by atoms with van der Waals surface area (Å²) in [4.78, 5) is 35.3. The molecule has 1 aromatic carbocycles. The van der Waals surface area contributed by atoms with E-state index in [2.05, 4.69) is 9.47 Å². The lowest BCUT2D eigenvalue weighted by atomic mass is 10.1. The van der Waals surface area contributed by atoms with E-state index in [0.29, 0.717) is 0 Å². The molecule has 1 unspecified atom stereocenters. The molecule has 1 amide bonds. The van der Waals surface area contributed by atoms with Crippen molar-refractivity contribution in [1.82, 2.24) is 10.6 Å². The first-order valence-corrected chi connectivity index (χ1v) is 7.11. The third-order valence-electron chi connectivity index (χ3n) is 3.06. The van der Waals surface area contributed by atoms with E-state index in [4.69, 9.17) is 0 Å². The number of halogens is 3. The number of esters is 2. The predicted octanol–water partition coefficient (Wildman–Crippen LogP) is 1.00. The smallest absolute Gasteiger partial charge is 0.436 e. The molecule has 0 fully saturated rings.